The number of nitrogens with zero attached hydrogens (tertiary/aromatic N) is 1. The number of sulfonamides is 1. The minimum atomic E-state index is -3.50. The van der Waals surface area contributed by atoms with Gasteiger partial charge in [-0.2, -0.15) is 0 Å². The second kappa shape index (κ2) is 5.64. The number of fused-ring (bicyclic) bond motifs is 1. The Morgan fingerprint density at radius 2 is 2.14 bits per heavy atom. The molecule has 22 heavy (non-hydrogen) atoms. The van der Waals surface area contributed by atoms with E-state index >= 15 is 0 Å². The number of amides is 1. The minimum absolute atomic E-state index is 0.0366. The van der Waals surface area contributed by atoms with Crippen LogP contribution in [0.25, 0.3) is 0 Å². The van der Waals surface area contributed by atoms with Crippen LogP contribution in [0.15, 0.2) is 23.1 Å². The fraction of sp³-hybridized carbons (Fsp3) is 0.533. The van der Waals surface area contributed by atoms with Crippen LogP contribution >= 0.6 is 0 Å². The lowest BCUT2D eigenvalue weighted by Gasteiger charge is -2.21. The van der Waals surface area contributed by atoms with Crippen molar-refractivity contribution in [2.75, 3.05) is 18.5 Å². The molecule has 1 saturated carbocycles. The maximum Gasteiger partial charge on any atom is 0.240 e. The number of nitrogens with two attached hydrogens (primary N) is 1. The lowest BCUT2D eigenvalue weighted by Crippen LogP contribution is -2.34. The Morgan fingerprint density at radius 1 is 1.36 bits per heavy atom. The van der Waals surface area contributed by atoms with Gasteiger partial charge in [-0.1, -0.05) is 6.07 Å². The standard InChI is InChI=1S/C15H21N3O3S/c1-17-22(20,21)13-5-3-10-6-7-18(14(10)9-13)15(19)11-2-4-12(16)8-11/h3,5,9,11-12,17H,2,4,6-8,16H2,1H3/t11-,12-/m0/s1. The van der Waals surface area contributed by atoms with E-state index in [1.165, 1.54) is 7.05 Å². The summed E-state index contributed by atoms with van der Waals surface area (Å²) in [6, 6.07) is 5.09. The summed E-state index contributed by atoms with van der Waals surface area (Å²) in [7, 11) is -2.12. The Labute approximate surface area is 130 Å². The molecule has 2 aliphatic rings. The fourth-order valence-corrected chi connectivity index (χ4v) is 4.08. The first-order valence-corrected chi connectivity index (χ1v) is 9.04. The van der Waals surface area contributed by atoms with E-state index < -0.39 is 10.0 Å². The molecule has 0 radical (unpaired) electrons. The van der Waals surface area contributed by atoms with Crippen LogP contribution in [0, 0.1) is 5.92 Å². The van der Waals surface area contributed by atoms with Gasteiger partial charge >= 0.3 is 0 Å². The van der Waals surface area contributed by atoms with Gasteiger partial charge in [0.2, 0.25) is 15.9 Å². The predicted octanol–water partition coefficient (Wildman–Crippen LogP) is 0.611. The number of rotatable bonds is 3. The van der Waals surface area contributed by atoms with E-state index in [-0.39, 0.29) is 22.8 Å². The van der Waals surface area contributed by atoms with E-state index in [1.807, 2.05) is 0 Å². The van der Waals surface area contributed by atoms with Gasteiger partial charge in [-0.25, -0.2) is 13.1 Å². The summed E-state index contributed by atoms with van der Waals surface area (Å²) in [4.78, 5) is 14.6. The van der Waals surface area contributed by atoms with Gasteiger partial charge in [0.15, 0.2) is 0 Å². The van der Waals surface area contributed by atoms with Gasteiger partial charge in [-0.05, 0) is 50.4 Å². The summed E-state index contributed by atoms with van der Waals surface area (Å²) in [6.07, 6.45) is 3.19. The van der Waals surface area contributed by atoms with Gasteiger partial charge in [0.25, 0.3) is 0 Å². The summed E-state index contributed by atoms with van der Waals surface area (Å²) in [6.45, 7) is 0.614. The molecule has 0 aromatic heterocycles. The molecule has 1 aromatic rings. The van der Waals surface area contributed by atoms with E-state index in [1.54, 1.807) is 23.1 Å². The molecule has 3 rings (SSSR count). The van der Waals surface area contributed by atoms with Gasteiger partial charge in [0.1, 0.15) is 0 Å². The number of carbonyl (C=O) groups is 1. The monoisotopic (exact) mass is 323 g/mol. The molecular formula is C15H21N3O3S. The quantitative estimate of drug-likeness (QED) is 0.852. The SMILES string of the molecule is CNS(=O)(=O)c1ccc2c(c1)N(C(=O)[C@H]1CC[C@H](N)C1)CC2. The highest BCUT2D eigenvalue weighted by Gasteiger charge is 2.34. The Morgan fingerprint density at radius 3 is 2.77 bits per heavy atom. The first-order chi connectivity index (χ1) is 10.4. The first kappa shape index (κ1) is 15.5. The van der Waals surface area contributed by atoms with Crippen LogP contribution in [0.3, 0.4) is 0 Å². The molecule has 120 valence electrons. The highest BCUT2D eigenvalue weighted by atomic mass is 32.2. The number of hydrogen-bond donors (Lipinski definition) is 2. The molecule has 1 aliphatic carbocycles. The average Bonchev–Trinajstić information content (AvgIpc) is 3.12. The Hall–Kier alpha value is -1.44. The van der Waals surface area contributed by atoms with Crippen molar-refractivity contribution in [3.8, 4) is 0 Å². The molecule has 2 atom stereocenters. The molecule has 7 heteroatoms. The summed E-state index contributed by atoms with van der Waals surface area (Å²) in [5.74, 6) is 0.0382. The third kappa shape index (κ3) is 2.64. The number of carbonyl (C=O) groups excluding carboxylic acids is 1. The maximum atomic E-state index is 12.7. The lowest BCUT2D eigenvalue weighted by atomic mass is 10.1. The highest BCUT2D eigenvalue weighted by molar-refractivity contribution is 7.89. The van der Waals surface area contributed by atoms with Crippen molar-refractivity contribution in [3.05, 3.63) is 23.8 Å². The van der Waals surface area contributed by atoms with Crippen LogP contribution in [0.1, 0.15) is 24.8 Å². The molecule has 0 unspecified atom stereocenters. The van der Waals surface area contributed by atoms with Gasteiger partial charge in [0.05, 0.1) is 4.90 Å². The molecule has 1 fully saturated rings. The van der Waals surface area contributed by atoms with Crippen LogP contribution in [-0.4, -0.2) is 34.0 Å². The summed E-state index contributed by atoms with van der Waals surface area (Å²) in [5, 5.41) is 0. The second-order valence-corrected chi connectivity index (χ2v) is 7.89. The smallest absolute Gasteiger partial charge is 0.240 e. The summed E-state index contributed by atoms with van der Waals surface area (Å²) in [5.41, 5.74) is 7.64. The van der Waals surface area contributed by atoms with E-state index in [4.69, 9.17) is 5.73 Å². The lowest BCUT2D eigenvalue weighted by molar-refractivity contribution is -0.122. The van der Waals surface area contributed by atoms with Crippen molar-refractivity contribution in [2.45, 2.75) is 36.6 Å². The van der Waals surface area contributed by atoms with Crippen molar-refractivity contribution in [1.82, 2.24) is 4.72 Å². The zero-order valence-electron chi connectivity index (χ0n) is 12.6. The van der Waals surface area contributed by atoms with Crippen LogP contribution in [0.2, 0.25) is 0 Å². The number of nitrogens with one attached hydrogen (secondary N) is 1. The third-order valence-electron chi connectivity index (χ3n) is 4.62. The van der Waals surface area contributed by atoms with Gasteiger partial charge in [0, 0.05) is 24.2 Å². The first-order valence-electron chi connectivity index (χ1n) is 7.56. The van der Waals surface area contributed by atoms with Crippen molar-refractivity contribution in [2.24, 2.45) is 11.7 Å². The molecular weight excluding hydrogens is 302 g/mol. The number of hydrogen-bond acceptors (Lipinski definition) is 4. The molecule has 3 N–H and O–H groups in total. The van der Waals surface area contributed by atoms with E-state index in [2.05, 4.69) is 4.72 Å². The second-order valence-electron chi connectivity index (χ2n) is 6.01. The molecule has 0 bridgehead atoms. The topological polar surface area (TPSA) is 92.5 Å². The van der Waals surface area contributed by atoms with Crippen LogP contribution in [0.5, 0.6) is 0 Å². The van der Waals surface area contributed by atoms with Gasteiger partial charge in [-0.15, -0.1) is 0 Å². The zero-order valence-corrected chi connectivity index (χ0v) is 13.4. The number of benzene rings is 1. The third-order valence-corrected chi connectivity index (χ3v) is 6.03. The van der Waals surface area contributed by atoms with E-state index in [0.29, 0.717) is 6.54 Å². The largest absolute Gasteiger partial charge is 0.328 e. The van der Waals surface area contributed by atoms with Crippen LogP contribution in [0.4, 0.5) is 5.69 Å². The molecule has 0 saturated heterocycles. The Bertz CT molecular complexity index is 702. The fourth-order valence-electron chi connectivity index (χ4n) is 3.33. The minimum Gasteiger partial charge on any atom is -0.328 e. The van der Waals surface area contributed by atoms with Crippen LogP contribution in [-0.2, 0) is 21.2 Å². The van der Waals surface area contributed by atoms with Gasteiger partial charge < -0.3 is 10.6 Å². The average molecular weight is 323 g/mol. The molecule has 6 nitrogen and oxygen atoms in total. The molecule has 0 spiro atoms. The van der Waals surface area contributed by atoms with Crippen molar-refractivity contribution >= 4 is 21.6 Å². The number of anilines is 1. The molecule has 1 amide bonds. The zero-order chi connectivity index (χ0) is 15.9. The van der Waals surface area contributed by atoms with Crippen LogP contribution < -0.4 is 15.4 Å². The van der Waals surface area contributed by atoms with Crippen molar-refractivity contribution < 1.29 is 13.2 Å². The summed E-state index contributed by atoms with van der Waals surface area (Å²) >= 11 is 0. The Kier molecular flexibility index (Phi) is 3.96. The van der Waals surface area contributed by atoms with Gasteiger partial charge in [-0.3, -0.25) is 4.79 Å². The highest BCUT2D eigenvalue weighted by Crippen LogP contribution is 2.34. The van der Waals surface area contributed by atoms with Crippen molar-refractivity contribution in [1.29, 1.82) is 0 Å². The molecule has 1 aromatic carbocycles. The molecule has 1 aliphatic heterocycles. The van der Waals surface area contributed by atoms with Crippen molar-refractivity contribution in [3.63, 3.8) is 0 Å². The molecule has 1 heterocycles. The predicted molar refractivity (Wildman–Crippen MR) is 84.1 cm³/mol. The maximum absolute atomic E-state index is 12.7. The normalized spacial score (nSPS) is 24.5. The van der Waals surface area contributed by atoms with E-state index in [9.17, 15) is 13.2 Å². The Balaban J connectivity index is 1.90. The van der Waals surface area contributed by atoms with E-state index in [0.717, 1.165) is 36.9 Å². The summed E-state index contributed by atoms with van der Waals surface area (Å²) < 4.78 is 26.2.